The first-order valence-corrected chi connectivity index (χ1v) is 8.28. The van der Waals surface area contributed by atoms with Crippen molar-refractivity contribution in [2.45, 2.75) is 45.8 Å². The normalized spacial score (nSPS) is 12.9. The van der Waals surface area contributed by atoms with Crippen molar-refractivity contribution in [3.63, 3.8) is 0 Å². The monoisotopic (exact) mass is 256 g/mol. The molecule has 17 heavy (non-hydrogen) atoms. The summed E-state index contributed by atoms with van der Waals surface area (Å²) in [7, 11) is -2.14. The molecule has 0 aromatic heterocycles. The molecule has 0 radical (unpaired) electrons. The van der Waals surface area contributed by atoms with Crippen LogP contribution in [-0.4, -0.2) is 29.9 Å². The van der Waals surface area contributed by atoms with Crippen molar-refractivity contribution in [3.8, 4) is 0 Å². The molecule has 0 aromatic carbocycles. The summed E-state index contributed by atoms with van der Waals surface area (Å²) in [6.07, 6.45) is 1.50. The first-order valence-electron chi connectivity index (χ1n) is 5.38. The van der Waals surface area contributed by atoms with Gasteiger partial charge in [-0.1, -0.05) is 20.8 Å². The van der Waals surface area contributed by atoms with Crippen molar-refractivity contribution in [1.82, 2.24) is 0 Å². The summed E-state index contributed by atoms with van der Waals surface area (Å²) < 4.78 is 5.79. The highest BCUT2D eigenvalue weighted by atomic mass is 28.4. The third-order valence-corrected chi connectivity index (χ3v) is 7.31. The molecule has 0 rings (SSSR count). The molecule has 0 unspecified atom stereocenters. The second kappa shape index (κ2) is 5.29. The zero-order valence-corrected chi connectivity index (χ0v) is 12.2. The maximum Gasteiger partial charge on any atom is 0.438 e. The van der Waals surface area contributed by atoms with Gasteiger partial charge >= 0.3 is 11.7 Å². The fraction of sp³-hybridized carbons (Fsp3) is 0.636. The fourth-order valence-electron chi connectivity index (χ4n) is 0.869. The summed E-state index contributed by atoms with van der Waals surface area (Å²) >= 11 is 0. The van der Waals surface area contributed by atoms with Crippen molar-refractivity contribution >= 4 is 20.0 Å². The highest BCUT2D eigenvalue weighted by Crippen LogP contribution is 2.37. The predicted octanol–water partition coefficient (Wildman–Crippen LogP) is 2.67. The SMILES string of the molecule is C/C=C(/O[Si](C)(C)C(C)(C)C)C(=[N+]=[N-])C(=O)O. The molecule has 0 aliphatic heterocycles. The summed E-state index contributed by atoms with van der Waals surface area (Å²) in [6, 6.07) is 0. The van der Waals surface area contributed by atoms with E-state index in [9.17, 15) is 4.79 Å². The van der Waals surface area contributed by atoms with Crippen molar-refractivity contribution in [3.05, 3.63) is 17.4 Å². The van der Waals surface area contributed by atoms with Gasteiger partial charge in [0.1, 0.15) is 0 Å². The van der Waals surface area contributed by atoms with Crippen LogP contribution in [0.1, 0.15) is 27.7 Å². The Bertz CT molecular complexity index is 388. The minimum atomic E-state index is -2.14. The Morgan fingerprint density at radius 1 is 1.41 bits per heavy atom. The third-order valence-electron chi connectivity index (χ3n) is 2.97. The van der Waals surface area contributed by atoms with E-state index in [0.717, 1.165) is 0 Å². The van der Waals surface area contributed by atoms with E-state index in [1.165, 1.54) is 6.08 Å². The van der Waals surface area contributed by atoms with Gasteiger partial charge in [-0.3, -0.25) is 0 Å². The summed E-state index contributed by atoms with van der Waals surface area (Å²) in [5.41, 5.74) is 8.24. The van der Waals surface area contributed by atoms with Gasteiger partial charge in [-0.15, -0.1) is 0 Å². The van der Waals surface area contributed by atoms with Gasteiger partial charge < -0.3 is 15.1 Å². The lowest BCUT2D eigenvalue weighted by atomic mass is 10.2. The van der Waals surface area contributed by atoms with Gasteiger partial charge in [0.15, 0.2) is 5.76 Å². The molecule has 0 amide bonds. The van der Waals surface area contributed by atoms with Crippen LogP contribution in [-0.2, 0) is 9.22 Å². The molecule has 0 saturated heterocycles. The second-order valence-corrected chi connectivity index (χ2v) is 9.99. The number of nitrogens with zero attached hydrogens (tertiary/aromatic N) is 2. The largest absolute Gasteiger partial charge is 0.538 e. The second-order valence-electron chi connectivity index (χ2n) is 5.27. The maximum absolute atomic E-state index is 10.9. The van der Waals surface area contributed by atoms with Crippen molar-refractivity contribution in [2.24, 2.45) is 0 Å². The summed E-state index contributed by atoms with van der Waals surface area (Å²) in [5, 5.41) is 8.82. The quantitative estimate of drug-likeness (QED) is 0.276. The first-order chi connectivity index (χ1) is 7.56. The number of rotatable bonds is 4. The molecule has 1 N–H and O–H groups in total. The minimum absolute atomic E-state index is 0.0552. The van der Waals surface area contributed by atoms with Crippen LogP contribution in [0.4, 0.5) is 0 Å². The molecule has 0 atom stereocenters. The van der Waals surface area contributed by atoms with Gasteiger partial charge in [-0.25, -0.2) is 4.79 Å². The first kappa shape index (κ1) is 15.6. The molecular formula is C11H20N2O3Si. The van der Waals surface area contributed by atoms with Crippen molar-refractivity contribution < 1.29 is 19.1 Å². The number of hydrogen-bond donors (Lipinski definition) is 1. The van der Waals surface area contributed by atoms with E-state index in [0.29, 0.717) is 0 Å². The highest BCUT2D eigenvalue weighted by molar-refractivity contribution is 6.74. The molecule has 96 valence electrons. The topological polar surface area (TPSA) is 82.9 Å². The van der Waals surface area contributed by atoms with E-state index in [4.69, 9.17) is 15.1 Å². The molecule has 6 heteroatoms. The lowest BCUT2D eigenvalue weighted by Crippen LogP contribution is -2.42. The van der Waals surface area contributed by atoms with Crippen LogP contribution in [0.25, 0.3) is 5.53 Å². The van der Waals surface area contributed by atoms with Gasteiger partial charge in [-0.05, 0) is 31.1 Å². The molecule has 0 aliphatic carbocycles. The van der Waals surface area contributed by atoms with E-state index in [-0.39, 0.29) is 10.8 Å². The highest BCUT2D eigenvalue weighted by Gasteiger charge is 2.42. The minimum Gasteiger partial charge on any atom is -0.538 e. The number of allylic oxidation sites excluding steroid dienone is 1. The average molecular weight is 256 g/mol. The van der Waals surface area contributed by atoms with Crippen LogP contribution in [0.15, 0.2) is 11.8 Å². The van der Waals surface area contributed by atoms with Crippen LogP contribution in [0.5, 0.6) is 0 Å². The van der Waals surface area contributed by atoms with Gasteiger partial charge in [-0.2, -0.15) is 4.79 Å². The van der Waals surface area contributed by atoms with Crippen molar-refractivity contribution in [2.75, 3.05) is 0 Å². The number of aliphatic carboxylic acids is 1. The molecule has 5 nitrogen and oxygen atoms in total. The van der Waals surface area contributed by atoms with Gasteiger partial charge in [0.25, 0.3) is 8.32 Å². The zero-order chi connectivity index (χ0) is 13.9. The lowest BCUT2D eigenvalue weighted by molar-refractivity contribution is -0.134. The Morgan fingerprint density at radius 3 is 2.12 bits per heavy atom. The van der Waals surface area contributed by atoms with Crippen LogP contribution < -0.4 is 0 Å². The predicted molar refractivity (Wildman–Crippen MR) is 68.3 cm³/mol. The maximum atomic E-state index is 10.9. The fourth-order valence-corrected chi connectivity index (χ4v) is 1.94. The standard InChI is InChI=1S/C11H20N2O3Si/c1-7-8(9(13-12)10(14)15)16-17(5,6)11(2,3)4/h7H,1-6H3,(H,14,15)/b8-7+. The smallest absolute Gasteiger partial charge is 0.438 e. The number of hydrogen-bond acceptors (Lipinski definition) is 2. The molecule has 0 aliphatic rings. The number of carbonyl (C=O) groups is 1. The van der Waals surface area contributed by atoms with E-state index >= 15 is 0 Å². The van der Waals surface area contributed by atoms with E-state index in [2.05, 4.69) is 4.79 Å². The summed E-state index contributed by atoms with van der Waals surface area (Å²) in [5.74, 6) is -1.19. The lowest BCUT2D eigenvalue weighted by Gasteiger charge is -2.36. The van der Waals surface area contributed by atoms with Crippen LogP contribution in [0.3, 0.4) is 0 Å². The number of carboxylic acids is 1. The summed E-state index contributed by atoms with van der Waals surface area (Å²) in [4.78, 5) is 13.6. The summed E-state index contributed by atoms with van der Waals surface area (Å²) in [6.45, 7) is 11.8. The Hall–Kier alpha value is -1.39. The van der Waals surface area contributed by atoms with Gasteiger partial charge in [0.05, 0.1) is 0 Å². The van der Waals surface area contributed by atoms with Crippen LogP contribution in [0, 0.1) is 0 Å². The van der Waals surface area contributed by atoms with E-state index in [1.54, 1.807) is 6.92 Å². The molecule has 0 fully saturated rings. The van der Waals surface area contributed by atoms with E-state index < -0.39 is 20.0 Å². The van der Waals surface area contributed by atoms with E-state index in [1.807, 2.05) is 33.9 Å². The Balaban J connectivity index is 5.25. The molecular weight excluding hydrogens is 236 g/mol. The molecule has 0 bridgehead atoms. The molecule has 0 aromatic rings. The van der Waals surface area contributed by atoms with Crippen molar-refractivity contribution in [1.29, 1.82) is 0 Å². The van der Waals surface area contributed by atoms with Gasteiger partial charge in [0.2, 0.25) is 0 Å². The van der Waals surface area contributed by atoms with Gasteiger partial charge in [0, 0.05) is 0 Å². The zero-order valence-electron chi connectivity index (χ0n) is 11.2. The molecule has 0 heterocycles. The molecule has 0 saturated carbocycles. The molecule has 0 spiro atoms. The Morgan fingerprint density at radius 2 is 1.88 bits per heavy atom. The Kier molecular flexibility index (Phi) is 4.86. The van der Waals surface area contributed by atoms with Crippen LogP contribution in [0.2, 0.25) is 18.1 Å². The Labute approximate surface area is 103 Å². The van der Waals surface area contributed by atoms with Crippen LogP contribution >= 0.6 is 0 Å². The number of carboxylic acid groups (broad SMARTS) is 1. The third kappa shape index (κ3) is 3.83. The average Bonchev–Trinajstić information content (AvgIpc) is 2.14.